The number of ether oxygens (including phenoxy) is 1. The van der Waals surface area contributed by atoms with Crippen LogP contribution < -0.4 is 15.4 Å². The maximum atomic E-state index is 12.1. The zero-order chi connectivity index (χ0) is 18.1. The Bertz CT molecular complexity index is 658. The van der Waals surface area contributed by atoms with Crippen molar-refractivity contribution in [1.29, 1.82) is 0 Å². The van der Waals surface area contributed by atoms with Gasteiger partial charge in [0.05, 0.1) is 24.1 Å². The van der Waals surface area contributed by atoms with Gasteiger partial charge in [-0.05, 0) is 25.3 Å². The largest absolute Gasteiger partial charge is 0.377 e. The van der Waals surface area contributed by atoms with Crippen molar-refractivity contribution in [3.63, 3.8) is 0 Å². The van der Waals surface area contributed by atoms with E-state index >= 15 is 0 Å². The first-order chi connectivity index (χ1) is 12.0. The summed E-state index contributed by atoms with van der Waals surface area (Å²) >= 11 is 0. The highest BCUT2D eigenvalue weighted by Gasteiger charge is 2.17. The molecule has 0 spiro atoms. The van der Waals surface area contributed by atoms with Crippen LogP contribution in [0.4, 0.5) is 0 Å². The maximum Gasteiger partial charge on any atom is 0.213 e. The highest BCUT2D eigenvalue weighted by Crippen LogP contribution is 2.11. The Morgan fingerprint density at radius 2 is 2.23 bits per heavy atom. The number of aryl methyl sites for hydroxylation is 1. The summed E-state index contributed by atoms with van der Waals surface area (Å²) in [6.07, 6.45) is 4.77. The number of hydrogen-bond acceptors (Lipinski definition) is 5. The third-order valence-corrected chi connectivity index (χ3v) is 5.40. The van der Waals surface area contributed by atoms with E-state index in [1.165, 1.54) is 0 Å². The second-order valence-corrected chi connectivity index (χ2v) is 7.88. The van der Waals surface area contributed by atoms with Crippen LogP contribution >= 0.6 is 24.0 Å². The molecule has 0 radical (unpaired) electrons. The minimum absolute atomic E-state index is 0. The maximum absolute atomic E-state index is 12.1. The van der Waals surface area contributed by atoms with Gasteiger partial charge in [0.15, 0.2) is 5.96 Å². The van der Waals surface area contributed by atoms with Gasteiger partial charge in [0, 0.05) is 40.0 Å². The van der Waals surface area contributed by atoms with Crippen LogP contribution in [0.3, 0.4) is 0 Å². The first-order valence-corrected chi connectivity index (χ1v) is 10.2. The van der Waals surface area contributed by atoms with Crippen molar-refractivity contribution in [2.45, 2.75) is 31.9 Å². The van der Waals surface area contributed by atoms with E-state index in [0.717, 1.165) is 25.0 Å². The van der Waals surface area contributed by atoms with Gasteiger partial charge in [-0.2, -0.15) is 5.10 Å². The van der Waals surface area contributed by atoms with E-state index in [0.29, 0.717) is 25.7 Å². The quantitative estimate of drug-likeness (QED) is 0.267. The summed E-state index contributed by atoms with van der Waals surface area (Å²) in [5, 5.41) is 10.2. The number of hydrogen-bond donors (Lipinski definition) is 3. The van der Waals surface area contributed by atoms with Crippen LogP contribution in [0.15, 0.2) is 17.3 Å². The Hall–Kier alpha value is -0.920. The lowest BCUT2D eigenvalue weighted by Gasteiger charge is -2.22. The second-order valence-electron chi connectivity index (χ2n) is 5.95. The van der Waals surface area contributed by atoms with Gasteiger partial charge in [0.1, 0.15) is 0 Å². The van der Waals surface area contributed by atoms with Crippen molar-refractivity contribution < 1.29 is 13.2 Å². The van der Waals surface area contributed by atoms with Crippen LogP contribution in [0.2, 0.25) is 0 Å². The molecule has 1 unspecified atom stereocenters. The van der Waals surface area contributed by atoms with Crippen molar-refractivity contribution in [2.24, 2.45) is 12.0 Å². The second kappa shape index (κ2) is 11.7. The Morgan fingerprint density at radius 1 is 1.42 bits per heavy atom. The lowest BCUT2D eigenvalue weighted by molar-refractivity contribution is 0.0200. The molecule has 150 valence electrons. The molecular weight excluding hydrogens is 471 g/mol. The molecule has 0 saturated carbocycles. The number of sulfonamides is 1. The van der Waals surface area contributed by atoms with Crippen LogP contribution in [0, 0.1) is 0 Å². The first kappa shape index (κ1) is 23.1. The third kappa shape index (κ3) is 8.18. The van der Waals surface area contributed by atoms with Gasteiger partial charge < -0.3 is 15.4 Å². The summed E-state index contributed by atoms with van der Waals surface area (Å²) < 4.78 is 34.0. The lowest BCUT2D eigenvalue weighted by Crippen LogP contribution is -2.42. The standard InChI is InChI=1S/C15H28N6O3S.HI/c1-16-15(18-11-13-6-7-19-21(13)2)17-8-10-25(22,23)20-12-14-5-3-4-9-24-14;/h6-7,14,20H,3-5,8-12H2,1-2H3,(H2,16,17,18);1H. The fraction of sp³-hybridized carbons (Fsp3) is 0.733. The van der Waals surface area contributed by atoms with Gasteiger partial charge in [-0.25, -0.2) is 13.1 Å². The van der Waals surface area contributed by atoms with Crippen molar-refractivity contribution in [3.05, 3.63) is 18.0 Å². The number of nitrogens with one attached hydrogen (secondary N) is 3. The van der Waals surface area contributed by atoms with Crippen LogP contribution in [-0.4, -0.2) is 62.8 Å². The number of aliphatic imine (C=N–C) groups is 1. The molecule has 1 saturated heterocycles. The van der Waals surface area contributed by atoms with Gasteiger partial charge >= 0.3 is 0 Å². The monoisotopic (exact) mass is 500 g/mol. The fourth-order valence-electron chi connectivity index (χ4n) is 2.53. The molecule has 1 atom stereocenters. The fourth-order valence-corrected chi connectivity index (χ4v) is 3.49. The molecular formula is C15H29IN6O3S. The molecule has 26 heavy (non-hydrogen) atoms. The van der Waals surface area contributed by atoms with Crippen LogP contribution in [0.25, 0.3) is 0 Å². The first-order valence-electron chi connectivity index (χ1n) is 8.50. The predicted octanol–water partition coefficient (Wildman–Crippen LogP) is 0.192. The predicted molar refractivity (Wildman–Crippen MR) is 112 cm³/mol. The average molecular weight is 500 g/mol. The van der Waals surface area contributed by atoms with E-state index in [-0.39, 0.29) is 42.4 Å². The molecule has 1 aromatic rings. The highest BCUT2D eigenvalue weighted by molar-refractivity contribution is 14.0. The Kier molecular flexibility index (Phi) is 10.4. The summed E-state index contributed by atoms with van der Waals surface area (Å²) in [6.45, 7) is 1.88. The Morgan fingerprint density at radius 3 is 2.85 bits per heavy atom. The summed E-state index contributed by atoms with van der Waals surface area (Å²) in [6, 6.07) is 1.90. The smallest absolute Gasteiger partial charge is 0.213 e. The van der Waals surface area contributed by atoms with Crippen molar-refractivity contribution in [2.75, 3.05) is 32.5 Å². The van der Waals surface area contributed by atoms with Gasteiger partial charge in [-0.1, -0.05) is 0 Å². The summed E-state index contributed by atoms with van der Waals surface area (Å²) in [5.74, 6) is 0.526. The number of aromatic nitrogens is 2. The molecule has 1 aliphatic rings. The Labute approximate surface area is 172 Å². The van der Waals surface area contributed by atoms with E-state index in [1.807, 2.05) is 13.1 Å². The minimum Gasteiger partial charge on any atom is -0.377 e. The highest BCUT2D eigenvalue weighted by atomic mass is 127. The van der Waals surface area contributed by atoms with E-state index < -0.39 is 10.0 Å². The molecule has 9 nitrogen and oxygen atoms in total. The molecule has 0 aliphatic carbocycles. The normalized spacial score (nSPS) is 18.2. The van der Waals surface area contributed by atoms with E-state index in [9.17, 15) is 8.42 Å². The van der Waals surface area contributed by atoms with Crippen molar-refractivity contribution in [3.8, 4) is 0 Å². The number of nitrogens with zero attached hydrogens (tertiary/aromatic N) is 3. The molecule has 0 amide bonds. The zero-order valence-corrected chi connectivity index (χ0v) is 18.4. The summed E-state index contributed by atoms with van der Waals surface area (Å²) in [4.78, 5) is 4.09. The zero-order valence-electron chi connectivity index (χ0n) is 15.3. The van der Waals surface area contributed by atoms with Gasteiger partial charge in [0.25, 0.3) is 0 Å². The average Bonchev–Trinajstić information content (AvgIpc) is 3.02. The van der Waals surface area contributed by atoms with Crippen molar-refractivity contribution in [1.82, 2.24) is 25.1 Å². The van der Waals surface area contributed by atoms with Crippen molar-refractivity contribution >= 4 is 40.0 Å². The van der Waals surface area contributed by atoms with Crippen LogP contribution in [0.1, 0.15) is 25.0 Å². The molecule has 3 N–H and O–H groups in total. The molecule has 1 fully saturated rings. The van der Waals surface area contributed by atoms with Crippen LogP contribution in [-0.2, 0) is 28.4 Å². The molecule has 1 aromatic heterocycles. The van der Waals surface area contributed by atoms with Gasteiger partial charge in [-0.15, -0.1) is 24.0 Å². The Balaban J connectivity index is 0.00000338. The molecule has 1 aliphatic heterocycles. The molecule has 0 aromatic carbocycles. The lowest BCUT2D eigenvalue weighted by atomic mass is 10.1. The molecule has 2 heterocycles. The molecule has 0 bridgehead atoms. The number of halogens is 1. The number of guanidine groups is 1. The van der Waals surface area contributed by atoms with Crippen LogP contribution in [0.5, 0.6) is 0 Å². The molecule has 2 rings (SSSR count). The summed E-state index contributed by atoms with van der Waals surface area (Å²) in [7, 11) is 0.168. The molecule has 11 heteroatoms. The van der Waals surface area contributed by atoms with E-state index in [4.69, 9.17) is 4.74 Å². The summed E-state index contributed by atoms with van der Waals surface area (Å²) in [5.41, 5.74) is 1.00. The van der Waals surface area contributed by atoms with E-state index in [1.54, 1.807) is 17.9 Å². The van der Waals surface area contributed by atoms with Gasteiger partial charge in [-0.3, -0.25) is 9.67 Å². The topological polar surface area (TPSA) is 110 Å². The SMILES string of the molecule is CN=C(NCCS(=O)(=O)NCC1CCCCO1)NCc1ccnn1C.I. The third-order valence-electron chi connectivity index (χ3n) is 4.05. The minimum atomic E-state index is -3.34. The number of rotatable bonds is 8. The van der Waals surface area contributed by atoms with E-state index in [2.05, 4.69) is 25.4 Å². The van der Waals surface area contributed by atoms with Gasteiger partial charge in [0.2, 0.25) is 10.0 Å².